The van der Waals surface area contributed by atoms with E-state index in [2.05, 4.69) is 10.7 Å². The fourth-order valence-electron chi connectivity index (χ4n) is 1.94. The first-order valence-corrected chi connectivity index (χ1v) is 8.21. The Morgan fingerprint density at radius 2 is 0.889 bits per heavy atom. The number of hydrazine groups is 1. The molecule has 0 aliphatic carbocycles. The SMILES string of the molecule is NOCC(=O)NNC(=O)CCC(F)(F)C(F)(F)C(F)(F)C(F)(F)C(F)(F)C(F)(F)C(F)(F)C(F)(F)F. The summed E-state index contributed by atoms with van der Waals surface area (Å²) in [5.74, 6) is -56.2. The topological polar surface area (TPSA) is 93.4 Å². The van der Waals surface area contributed by atoms with Crippen molar-refractivity contribution in [3.05, 3.63) is 0 Å². The Morgan fingerprint density at radius 1 is 0.556 bits per heavy atom. The van der Waals surface area contributed by atoms with Gasteiger partial charge in [0.2, 0.25) is 5.91 Å². The number of carbonyl (C=O) groups is 2. The number of rotatable bonds is 11. The van der Waals surface area contributed by atoms with E-state index in [0.717, 1.165) is 5.43 Å². The van der Waals surface area contributed by atoms with Gasteiger partial charge in [-0.1, -0.05) is 0 Å². The molecule has 0 radical (unpaired) electrons. The van der Waals surface area contributed by atoms with Gasteiger partial charge >= 0.3 is 47.6 Å². The second-order valence-corrected chi connectivity index (χ2v) is 6.56. The summed E-state index contributed by atoms with van der Waals surface area (Å²) in [5, 5.41) is 0. The molecule has 0 bridgehead atoms. The van der Waals surface area contributed by atoms with E-state index in [4.69, 9.17) is 0 Å². The predicted molar refractivity (Wildman–Crippen MR) is 76.3 cm³/mol. The third-order valence-corrected chi connectivity index (χ3v) is 4.01. The highest BCUT2D eigenvalue weighted by Gasteiger charge is 2.95. The van der Waals surface area contributed by atoms with Gasteiger partial charge in [-0.15, -0.1) is 0 Å². The van der Waals surface area contributed by atoms with Crippen LogP contribution in [0.5, 0.6) is 0 Å². The Labute approximate surface area is 186 Å². The summed E-state index contributed by atoms with van der Waals surface area (Å²) < 4.78 is 222. The maximum Gasteiger partial charge on any atom is 0.460 e. The lowest BCUT2D eigenvalue weighted by Gasteiger charge is -2.42. The lowest BCUT2D eigenvalue weighted by Crippen LogP contribution is -2.74. The molecule has 4 N–H and O–H groups in total. The first kappa shape index (κ1) is 33.7. The van der Waals surface area contributed by atoms with Crippen molar-refractivity contribution in [2.24, 2.45) is 5.90 Å². The zero-order valence-electron chi connectivity index (χ0n) is 16.3. The molecular formula is C13H10F17N3O3. The van der Waals surface area contributed by atoms with Crippen LogP contribution in [0.15, 0.2) is 0 Å². The normalized spacial score (nSPS) is 15.1. The number of nitrogens with one attached hydrogen (secondary N) is 2. The Morgan fingerprint density at radius 3 is 1.25 bits per heavy atom. The number of carbonyl (C=O) groups excluding carboxylic acids is 2. The Bertz CT molecular complexity index is 811. The Balaban J connectivity index is 6.12. The van der Waals surface area contributed by atoms with Crippen molar-refractivity contribution in [2.45, 2.75) is 60.5 Å². The summed E-state index contributed by atoms with van der Waals surface area (Å²) >= 11 is 0. The molecule has 0 saturated heterocycles. The average Bonchev–Trinajstić information content (AvgIpc) is 2.69. The van der Waals surface area contributed by atoms with Gasteiger partial charge in [-0.2, -0.15) is 74.6 Å². The quantitative estimate of drug-likeness (QED) is 0.257. The van der Waals surface area contributed by atoms with Crippen LogP contribution in [-0.4, -0.2) is 66.1 Å². The van der Waals surface area contributed by atoms with Crippen LogP contribution in [0.1, 0.15) is 12.8 Å². The number of halogens is 17. The first-order chi connectivity index (χ1) is 15.6. The standard InChI is InChI=1S/C13H10F17N3O3/c14-6(15,2-1-4(34)32-33-5(35)3-36-31)7(16,17)8(18,19)9(20,21)10(22,23)11(24,25)12(26,27)13(28,29)30/h1-3,31H2,(H,32,34)(H,33,35). The third kappa shape index (κ3) is 5.34. The summed E-state index contributed by atoms with van der Waals surface area (Å²) in [5.41, 5.74) is 2.42. The molecule has 0 aliphatic heterocycles. The minimum atomic E-state index is -8.73. The van der Waals surface area contributed by atoms with Gasteiger partial charge < -0.3 is 0 Å². The predicted octanol–water partition coefficient (Wildman–Crippen LogP) is 3.81. The highest BCUT2D eigenvalue weighted by molar-refractivity contribution is 5.82. The van der Waals surface area contributed by atoms with Gasteiger partial charge in [0.1, 0.15) is 6.61 Å². The summed E-state index contributed by atoms with van der Waals surface area (Å²) in [6.45, 7) is -1.01. The third-order valence-electron chi connectivity index (χ3n) is 4.01. The zero-order chi connectivity index (χ0) is 29.4. The molecule has 0 aliphatic rings. The van der Waals surface area contributed by atoms with E-state index in [0.29, 0.717) is 0 Å². The Hall–Kier alpha value is -2.33. The summed E-state index contributed by atoms with van der Waals surface area (Å²) in [6, 6.07) is 0. The highest BCUT2D eigenvalue weighted by Crippen LogP contribution is 2.64. The van der Waals surface area contributed by atoms with Crippen LogP contribution < -0.4 is 16.7 Å². The molecule has 23 heteroatoms. The lowest BCUT2D eigenvalue weighted by molar-refractivity contribution is -0.461. The van der Waals surface area contributed by atoms with E-state index >= 15 is 0 Å². The number of hydrogen-bond acceptors (Lipinski definition) is 4. The molecule has 6 nitrogen and oxygen atoms in total. The molecule has 36 heavy (non-hydrogen) atoms. The van der Waals surface area contributed by atoms with E-state index in [1.54, 1.807) is 0 Å². The molecule has 214 valence electrons. The van der Waals surface area contributed by atoms with Crippen LogP contribution in [0.2, 0.25) is 0 Å². The Kier molecular flexibility index (Phi) is 9.21. The van der Waals surface area contributed by atoms with Crippen LogP contribution in [0.3, 0.4) is 0 Å². The lowest BCUT2D eigenvalue weighted by atomic mass is 9.88. The van der Waals surface area contributed by atoms with Gasteiger partial charge in [0, 0.05) is 12.8 Å². The van der Waals surface area contributed by atoms with Gasteiger partial charge in [0.25, 0.3) is 5.91 Å². The fourth-order valence-corrected chi connectivity index (χ4v) is 1.94. The molecule has 0 atom stereocenters. The molecular weight excluding hydrogens is 569 g/mol. The monoisotopic (exact) mass is 579 g/mol. The van der Waals surface area contributed by atoms with Crippen molar-refractivity contribution in [1.82, 2.24) is 10.9 Å². The van der Waals surface area contributed by atoms with E-state index in [9.17, 15) is 84.2 Å². The van der Waals surface area contributed by atoms with Crippen molar-refractivity contribution in [1.29, 1.82) is 0 Å². The number of nitrogens with two attached hydrogens (primary N) is 1. The van der Waals surface area contributed by atoms with Crippen LogP contribution in [0.4, 0.5) is 74.6 Å². The molecule has 0 aromatic carbocycles. The van der Waals surface area contributed by atoms with E-state index in [1.165, 1.54) is 5.43 Å². The molecule has 0 aromatic rings. The molecule has 2 amide bonds. The van der Waals surface area contributed by atoms with Crippen LogP contribution in [0, 0.1) is 0 Å². The van der Waals surface area contributed by atoms with Gasteiger partial charge in [-0.25, -0.2) is 5.90 Å². The smallest absolute Gasteiger partial charge is 0.295 e. The largest absolute Gasteiger partial charge is 0.460 e. The van der Waals surface area contributed by atoms with Crippen LogP contribution in [0.25, 0.3) is 0 Å². The first-order valence-electron chi connectivity index (χ1n) is 8.21. The molecule has 0 unspecified atom stereocenters. The van der Waals surface area contributed by atoms with Crippen LogP contribution >= 0.6 is 0 Å². The summed E-state index contributed by atoms with van der Waals surface area (Å²) in [6.07, 6.45) is -12.9. The minimum absolute atomic E-state index is 1.01. The molecule has 0 fully saturated rings. The molecule has 0 aromatic heterocycles. The highest BCUT2D eigenvalue weighted by atomic mass is 19.4. The zero-order valence-corrected chi connectivity index (χ0v) is 16.3. The van der Waals surface area contributed by atoms with Crippen molar-refractivity contribution in [2.75, 3.05) is 6.61 Å². The maximum absolute atomic E-state index is 13.6. The van der Waals surface area contributed by atoms with Gasteiger partial charge in [0.15, 0.2) is 0 Å². The summed E-state index contributed by atoms with van der Waals surface area (Å²) in [4.78, 5) is 25.7. The molecule has 0 saturated carbocycles. The van der Waals surface area contributed by atoms with Gasteiger partial charge in [-0.05, 0) is 0 Å². The van der Waals surface area contributed by atoms with Crippen molar-refractivity contribution in [3.63, 3.8) is 0 Å². The second kappa shape index (κ2) is 9.85. The number of amides is 2. The number of hydrogen-bond donors (Lipinski definition) is 3. The molecule has 0 spiro atoms. The molecule has 0 heterocycles. The summed E-state index contributed by atoms with van der Waals surface area (Å²) in [7, 11) is 0. The van der Waals surface area contributed by atoms with Gasteiger partial charge in [0.05, 0.1) is 0 Å². The fraction of sp³-hybridized carbons (Fsp3) is 0.846. The van der Waals surface area contributed by atoms with Crippen molar-refractivity contribution >= 4 is 11.8 Å². The van der Waals surface area contributed by atoms with E-state index < -0.39 is 78.9 Å². The maximum atomic E-state index is 13.6. The van der Waals surface area contributed by atoms with Crippen molar-refractivity contribution < 1.29 is 89.1 Å². The van der Waals surface area contributed by atoms with Crippen molar-refractivity contribution in [3.8, 4) is 0 Å². The minimum Gasteiger partial charge on any atom is -0.295 e. The molecule has 0 rings (SSSR count). The second-order valence-electron chi connectivity index (χ2n) is 6.56. The van der Waals surface area contributed by atoms with E-state index in [-0.39, 0.29) is 0 Å². The average molecular weight is 579 g/mol. The van der Waals surface area contributed by atoms with E-state index in [1.807, 2.05) is 0 Å². The van der Waals surface area contributed by atoms with Crippen LogP contribution in [-0.2, 0) is 14.4 Å². The van der Waals surface area contributed by atoms with Gasteiger partial charge in [-0.3, -0.25) is 25.3 Å². The number of alkyl halides is 17.